The van der Waals surface area contributed by atoms with Crippen LogP contribution >= 0.6 is 0 Å². The monoisotopic (exact) mass is 224 g/mol. The van der Waals surface area contributed by atoms with Crippen LogP contribution in [0.1, 0.15) is 40.0 Å². The van der Waals surface area contributed by atoms with Crippen LogP contribution in [0.25, 0.3) is 0 Å². The third kappa shape index (κ3) is 7.97. The molecule has 0 aliphatic rings. The third-order valence-electron chi connectivity index (χ3n) is 2.34. The molecule has 3 nitrogen and oxygen atoms in total. The summed E-state index contributed by atoms with van der Waals surface area (Å²) in [5, 5.41) is 8.69. The summed E-state index contributed by atoms with van der Waals surface area (Å²) < 4.78 is 0. The molecule has 16 heavy (non-hydrogen) atoms. The Bertz CT molecular complexity index is 300. The van der Waals surface area contributed by atoms with Crippen LogP contribution in [0.2, 0.25) is 0 Å². The molecule has 0 spiro atoms. The summed E-state index contributed by atoms with van der Waals surface area (Å²) in [5.74, 6) is -0.984. The van der Waals surface area contributed by atoms with Gasteiger partial charge in [0.2, 0.25) is 0 Å². The van der Waals surface area contributed by atoms with E-state index in [1.165, 1.54) is 13.0 Å². The average Bonchev–Trinajstić information content (AvgIpc) is 2.16. The summed E-state index contributed by atoms with van der Waals surface area (Å²) >= 11 is 0. The van der Waals surface area contributed by atoms with Gasteiger partial charge < -0.3 is 5.11 Å². The summed E-state index contributed by atoms with van der Waals surface area (Å²) in [6, 6.07) is 0. The zero-order valence-electron chi connectivity index (χ0n) is 10.2. The molecule has 0 heterocycles. The van der Waals surface area contributed by atoms with Gasteiger partial charge in [-0.15, -0.1) is 0 Å². The number of carboxylic acids is 1. The normalized spacial score (nSPS) is 14.1. The first kappa shape index (κ1) is 14.6. The van der Waals surface area contributed by atoms with Gasteiger partial charge >= 0.3 is 5.97 Å². The molecule has 0 aromatic rings. The van der Waals surface area contributed by atoms with Crippen LogP contribution in [0.3, 0.4) is 0 Å². The van der Waals surface area contributed by atoms with E-state index in [1.54, 1.807) is 13.0 Å². The van der Waals surface area contributed by atoms with Gasteiger partial charge in [0.25, 0.3) is 0 Å². The zero-order valence-corrected chi connectivity index (χ0v) is 10.2. The van der Waals surface area contributed by atoms with Gasteiger partial charge in [-0.05, 0) is 39.2 Å². The molecule has 0 radical (unpaired) electrons. The van der Waals surface area contributed by atoms with Crippen molar-refractivity contribution in [3.05, 3.63) is 23.8 Å². The van der Waals surface area contributed by atoms with Gasteiger partial charge in [-0.3, -0.25) is 9.59 Å². The molecule has 0 rings (SSSR count). The van der Waals surface area contributed by atoms with Crippen molar-refractivity contribution < 1.29 is 14.7 Å². The fourth-order valence-electron chi connectivity index (χ4n) is 1.24. The summed E-state index contributed by atoms with van der Waals surface area (Å²) in [5.41, 5.74) is 1.16. The SMILES string of the molecule is CC(=O)C=CC=C(C)CCCC(C)C(=O)O. The number of carboxylic acid groups (broad SMARTS) is 1. The minimum Gasteiger partial charge on any atom is -0.481 e. The van der Waals surface area contributed by atoms with Crippen LogP contribution < -0.4 is 0 Å². The quantitative estimate of drug-likeness (QED) is 0.534. The largest absolute Gasteiger partial charge is 0.481 e. The molecule has 0 saturated carbocycles. The number of rotatable bonds is 7. The van der Waals surface area contributed by atoms with Crippen LogP contribution in [0, 0.1) is 5.92 Å². The molecule has 1 unspecified atom stereocenters. The molecule has 0 aromatic carbocycles. The Morgan fingerprint density at radius 1 is 1.31 bits per heavy atom. The molecule has 3 heteroatoms. The number of aliphatic carboxylic acids is 1. The lowest BCUT2D eigenvalue weighted by Crippen LogP contribution is -2.08. The van der Waals surface area contributed by atoms with Crippen molar-refractivity contribution in [1.29, 1.82) is 0 Å². The minimum atomic E-state index is -0.738. The average molecular weight is 224 g/mol. The molecule has 0 aromatic heterocycles. The third-order valence-corrected chi connectivity index (χ3v) is 2.34. The lowest BCUT2D eigenvalue weighted by atomic mass is 10.0. The van der Waals surface area contributed by atoms with Gasteiger partial charge in [0.15, 0.2) is 5.78 Å². The lowest BCUT2D eigenvalue weighted by Gasteiger charge is -2.05. The van der Waals surface area contributed by atoms with E-state index in [9.17, 15) is 9.59 Å². The smallest absolute Gasteiger partial charge is 0.306 e. The molecule has 1 N–H and O–H groups in total. The van der Waals surface area contributed by atoms with Crippen LogP contribution in [-0.2, 0) is 9.59 Å². The van der Waals surface area contributed by atoms with Gasteiger partial charge in [0.1, 0.15) is 0 Å². The van der Waals surface area contributed by atoms with E-state index in [1.807, 2.05) is 13.0 Å². The number of allylic oxidation sites excluding steroid dienone is 4. The first-order valence-electron chi connectivity index (χ1n) is 5.50. The molecule has 0 fully saturated rings. The van der Waals surface area contributed by atoms with Crippen molar-refractivity contribution >= 4 is 11.8 Å². The Morgan fingerprint density at radius 2 is 1.94 bits per heavy atom. The molecule has 0 aliphatic carbocycles. The molecule has 90 valence electrons. The van der Waals surface area contributed by atoms with Gasteiger partial charge in [-0.25, -0.2) is 0 Å². The van der Waals surface area contributed by atoms with Crippen molar-refractivity contribution in [2.75, 3.05) is 0 Å². The van der Waals surface area contributed by atoms with Crippen LogP contribution in [0.5, 0.6) is 0 Å². The molecule has 0 amide bonds. The van der Waals surface area contributed by atoms with E-state index in [0.717, 1.165) is 18.4 Å². The molecular weight excluding hydrogens is 204 g/mol. The Morgan fingerprint density at radius 3 is 2.44 bits per heavy atom. The Kier molecular flexibility index (Phi) is 7.18. The Hall–Kier alpha value is -1.38. The number of ketones is 1. The Labute approximate surface area is 96.9 Å². The summed E-state index contributed by atoms with van der Waals surface area (Å²) in [6.45, 7) is 5.21. The summed E-state index contributed by atoms with van der Waals surface area (Å²) in [6.07, 6.45) is 7.58. The molecule has 1 atom stereocenters. The van der Waals surface area contributed by atoms with E-state index in [0.29, 0.717) is 6.42 Å². The van der Waals surface area contributed by atoms with Gasteiger partial charge in [0, 0.05) is 0 Å². The Balaban J connectivity index is 3.85. The number of carbonyl (C=O) groups is 2. The van der Waals surface area contributed by atoms with Crippen LogP contribution in [0.4, 0.5) is 0 Å². The highest BCUT2D eigenvalue weighted by atomic mass is 16.4. The first-order valence-corrected chi connectivity index (χ1v) is 5.50. The number of carbonyl (C=O) groups excluding carboxylic acids is 1. The van der Waals surface area contributed by atoms with Crippen LogP contribution in [-0.4, -0.2) is 16.9 Å². The molecule has 0 saturated heterocycles. The predicted octanol–water partition coefficient (Wildman–Crippen LogP) is 2.97. The second kappa shape index (κ2) is 7.85. The standard InChI is InChI=1S/C13H20O3/c1-10(7-5-9-12(3)14)6-4-8-11(2)13(15)16/h5,7,9,11H,4,6,8H2,1-3H3,(H,15,16). The highest BCUT2D eigenvalue weighted by molar-refractivity contribution is 5.87. The second-order valence-electron chi connectivity index (χ2n) is 4.11. The summed E-state index contributed by atoms with van der Waals surface area (Å²) in [7, 11) is 0. The van der Waals surface area contributed by atoms with Crippen molar-refractivity contribution in [2.24, 2.45) is 5.92 Å². The predicted molar refractivity (Wildman–Crippen MR) is 64.2 cm³/mol. The van der Waals surface area contributed by atoms with E-state index in [2.05, 4.69) is 0 Å². The zero-order chi connectivity index (χ0) is 12.6. The van der Waals surface area contributed by atoms with E-state index < -0.39 is 5.97 Å². The lowest BCUT2D eigenvalue weighted by molar-refractivity contribution is -0.141. The van der Waals surface area contributed by atoms with Crippen LogP contribution in [0.15, 0.2) is 23.8 Å². The fraction of sp³-hybridized carbons (Fsp3) is 0.538. The maximum absolute atomic E-state index is 10.6. The van der Waals surface area contributed by atoms with Gasteiger partial charge in [0.05, 0.1) is 5.92 Å². The topological polar surface area (TPSA) is 54.4 Å². The van der Waals surface area contributed by atoms with Crippen molar-refractivity contribution in [2.45, 2.75) is 40.0 Å². The minimum absolute atomic E-state index is 0.0311. The van der Waals surface area contributed by atoms with E-state index in [-0.39, 0.29) is 11.7 Å². The molecular formula is C13H20O3. The number of hydrogen-bond acceptors (Lipinski definition) is 2. The highest BCUT2D eigenvalue weighted by Crippen LogP contribution is 2.12. The number of hydrogen-bond donors (Lipinski definition) is 1. The van der Waals surface area contributed by atoms with Crippen molar-refractivity contribution in [1.82, 2.24) is 0 Å². The first-order chi connectivity index (χ1) is 7.43. The molecule has 0 aliphatic heterocycles. The maximum atomic E-state index is 10.6. The van der Waals surface area contributed by atoms with E-state index >= 15 is 0 Å². The van der Waals surface area contributed by atoms with Crippen molar-refractivity contribution in [3.8, 4) is 0 Å². The fourth-order valence-corrected chi connectivity index (χ4v) is 1.24. The van der Waals surface area contributed by atoms with E-state index in [4.69, 9.17) is 5.11 Å². The van der Waals surface area contributed by atoms with Gasteiger partial charge in [-0.2, -0.15) is 0 Å². The highest BCUT2D eigenvalue weighted by Gasteiger charge is 2.09. The molecule has 0 bridgehead atoms. The second-order valence-corrected chi connectivity index (χ2v) is 4.11. The maximum Gasteiger partial charge on any atom is 0.306 e. The summed E-state index contributed by atoms with van der Waals surface area (Å²) in [4.78, 5) is 21.2. The van der Waals surface area contributed by atoms with Gasteiger partial charge in [-0.1, -0.05) is 24.6 Å². The van der Waals surface area contributed by atoms with Crippen molar-refractivity contribution in [3.63, 3.8) is 0 Å².